The number of ether oxygens (including phenoxy) is 1. The average molecular weight is 383 g/mol. The molecule has 0 spiro atoms. The molecule has 1 aromatic carbocycles. The van der Waals surface area contributed by atoms with Crippen LogP contribution in [0.3, 0.4) is 0 Å². The van der Waals surface area contributed by atoms with Gasteiger partial charge in [0.1, 0.15) is 6.61 Å². The smallest absolute Gasteiger partial charge is 0.229 e. The van der Waals surface area contributed by atoms with Crippen LogP contribution >= 0.6 is 0 Å². The minimum Gasteiger partial charge on any atom is -0.486 e. The quantitative estimate of drug-likeness (QED) is 0.827. The average Bonchev–Trinajstić information content (AvgIpc) is 2.68. The summed E-state index contributed by atoms with van der Waals surface area (Å²) in [7, 11) is 0. The van der Waals surface area contributed by atoms with Gasteiger partial charge in [-0.2, -0.15) is 0 Å². The Balaban J connectivity index is 1.57. The van der Waals surface area contributed by atoms with E-state index in [-0.39, 0.29) is 5.91 Å². The molecular formula is C21H29N5O2. The lowest BCUT2D eigenvalue weighted by molar-refractivity contribution is -0.123. The lowest BCUT2D eigenvalue weighted by atomic mass is 9.95. The number of aromatic nitrogens is 2. The van der Waals surface area contributed by atoms with Crippen molar-refractivity contribution in [1.82, 2.24) is 15.3 Å². The number of hydrogen-bond acceptors (Lipinski definition) is 6. The molecule has 1 amide bonds. The minimum absolute atomic E-state index is 0.00123. The maximum Gasteiger partial charge on any atom is 0.229 e. The van der Waals surface area contributed by atoms with Gasteiger partial charge in [-0.15, -0.1) is 0 Å². The third-order valence-electron chi connectivity index (χ3n) is 4.64. The zero-order valence-corrected chi connectivity index (χ0v) is 17.1. The van der Waals surface area contributed by atoms with Crippen LogP contribution < -0.4 is 20.3 Å². The highest BCUT2D eigenvalue weighted by atomic mass is 16.5. The molecule has 150 valence electrons. The summed E-state index contributed by atoms with van der Waals surface area (Å²) in [6, 6.07) is 5.90. The molecule has 1 saturated heterocycles. The van der Waals surface area contributed by atoms with Crippen molar-refractivity contribution in [2.75, 3.05) is 36.4 Å². The molecule has 28 heavy (non-hydrogen) atoms. The highest BCUT2D eigenvalue weighted by Crippen LogP contribution is 2.22. The van der Waals surface area contributed by atoms with Crippen LogP contribution in [0.5, 0.6) is 5.75 Å². The molecule has 2 heterocycles. The number of rotatable bonds is 5. The predicted octanol–water partition coefficient (Wildman–Crippen LogP) is 2.76. The molecule has 0 saturated carbocycles. The lowest BCUT2D eigenvalue weighted by Gasteiger charge is -2.27. The maximum absolute atomic E-state index is 12.2. The molecule has 7 nitrogen and oxygen atoms in total. The van der Waals surface area contributed by atoms with Gasteiger partial charge in [0.05, 0.1) is 12.4 Å². The maximum atomic E-state index is 12.2. The summed E-state index contributed by atoms with van der Waals surface area (Å²) >= 11 is 0. The van der Waals surface area contributed by atoms with E-state index < -0.39 is 5.41 Å². The van der Waals surface area contributed by atoms with E-state index in [0.717, 1.165) is 48.9 Å². The van der Waals surface area contributed by atoms with Gasteiger partial charge in [0.2, 0.25) is 11.9 Å². The molecule has 1 aliphatic rings. The number of carbonyl (C=O) groups is 1. The van der Waals surface area contributed by atoms with E-state index in [1.165, 1.54) is 0 Å². The normalized spacial score (nSPS) is 14.6. The first-order valence-electron chi connectivity index (χ1n) is 9.64. The van der Waals surface area contributed by atoms with Crippen LogP contribution in [0.4, 0.5) is 11.6 Å². The van der Waals surface area contributed by atoms with E-state index in [1.807, 2.05) is 45.9 Å². The predicted molar refractivity (Wildman–Crippen MR) is 111 cm³/mol. The Kier molecular flexibility index (Phi) is 6.14. The Morgan fingerprint density at radius 3 is 2.50 bits per heavy atom. The van der Waals surface area contributed by atoms with E-state index in [4.69, 9.17) is 4.74 Å². The van der Waals surface area contributed by atoms with Crippen LogP contribution in [0.2, 0.25) is 0 Å². The van der Waals surface area contributed by atoms with Gasteiger partial charge in [0, 0.05) is 37.3 Å². The lowest BCUT2D eigenvalue weighted by Crippen LogP contribution is -2.44. The minimum atomic E-state index is -0.426. The number of aryl methyl sites for hydroxylation is 1. The Morgan fingerprint density at radius 1 is 1.21 bits per heavy atom. The third kappa shape index (κ3) is 5.19. The molecule has 0 bridgehead atoms. The van der Waals surface area contributed by atoms with Crippen LogP contribution in [-0.2, 0) is 11.4 Å². The second-order valence-corrected chi connectivity index (χ2v) is 8.10. The summed E-state index contributed by atoms with van der Waals surface area (Å²) in [5.74, 6) is 1.38. The number of nitrogens with one attached hydrogen (secondary N) is 2. The number of carbonyl (C=O) groups excluding carboxylic acids is 1. The van der Waals surface area contributed by atoms with E-state index in [2.05, 4.69) is 25.5 Å². The monoisotopic (exact) mass is 383 g/mol. The van der Waals surface area contributed by atoms with Gasteiger partial charge in [0.15, 0.2) is 5.75 Å². The van der Waals surface area contributed by atoms with Gasteiger partial charge in [0.25, 0.3) is 0 Å². The zero-order chi connectivity index (χ0) is 20.1. The number of nitrogens with zero attached hydrogens (tertiary/aromatic N) is 3. The first-order chi connectivity index (χ1) is 13.3. The van der Waals surface area contributed by atoms with Crippen molar-refractivity contribution >= 4 is 17.5 Å². The van der Waals surface area contributed by atoms with Gasteiger partial charge in [-0.1, -0.05) is 32.9 Å². The standard InChI is InChI=1S/C21H29N5O2/c1-15-11-16(5-6-18(15)25-19(27)21(2,3)4)14-28-17-12-23-20(24-13-17)26-9-7-22-8-10-26/h5-6,11-13,22H,7-10,14H2,1-4H3,(H,25,27). The van der Waals surface area contributed by atoms with Crippen LogP contribution in [0, 0.1) is 12.3 Å². The third-order valence-corrected chi connectivity index (χ3v) is 4.64. The Labute approximate surface area is 166 Å². The number of anilines is 2. The number of hydrogen-bond donors (Lipinski definition) is 2. The first kappa shape index (κ1) is 20.1. The summed E-state index contributed by atoms with van der Waals surface area (Å²) in [6.07, 6.45) is 3.43. The first-order valence-corrected chi connectivity index (χ1v) is 9.64. The van der Waals surface area contributed by atoms with Crippen molar-refractivity contribution in [1.29, 1.82) is 0 Å². The number of piperazine rings is 1. The van der Waals surface area contributed by atoms with E-state index >= 15 is 0 Å². The number of amides is 1. The largest absolute Gasteiger partial charge is 0.486 e. The van der Waals surface area contributed by atoms with Gasteiger partial charge in [-0.05, 0) is 24.1 Å². The molecule has 1 fully saturated rings. The molecule has 0 aliphatic carbocycles. The van der Waals surface area contributed by atoms with E-state index in [9.17, 15) is 4.79 Å². The molecule has 2 N–H and O–H groups in total. The molecule has 0 unspecified atom stereocenters. The van der Waals surface area contributed by atoms with Crippen LogP contribution in [0.1, 0.15) is 31.9 Å². The van der Waals surface area contributed by atoms with Crippen molar-refractivity contribution in [3.8, 4) is 5.75 Å². The van der Waals surface area contributed by atoms with Crippen molar-refractivity contribution in [3.63, 3.8) is 0 Å². The molecule has 3 rings (SSSR count). The van der Waals surface area contributed by atoms with Gasteiger partial charge in [-0.3, -0.25) is 4.79 Å². The summed E-state index contributed by atoms with van der Waals surface area (Å²) in [5.41, 5.74) is 2.43. The summed E-state index contributed by atoms with van der Waals surface area (Å²) in [6.45, 7) is 11.8. The van der Waals surface area contributed by atoms with E-state index in [1.54, 1.807) is 12.4 Å². The van der Waals surface area contributed by atoms with Crippen LogP contribution in [0.25, 0.3) is 0 Å². The molecule has 1 aromatic heterocycles. The van der Waals surface area contributed by atoms with Crippen molar-refractivity contribution < 1.29 is 9.53 Å². The number of benzene rings is 1. The molecule has 7 heteroatoms. The zero-order valence-electron chi connectivity index (χ0n) is 17.1. The molecule has 1 aliphatic heterocycles. The van der Waals surface area contributed by atoms with Crippen molar-refractivity contribution in [2.24, 2.45) is 5.41 Å². The van der Waals surface area contributed by atoms with E-state index in [0.29, 0.717) is 12.4 Å². The van der Waals surface area contributed by atoms with Crippen LogP contribution in [0.15, 0.2) is 30.6 Å². The second-order valence-electron chi connectivity index (χ2n) is 8.10. The fourth-order valence-electron chi connectivity index (χ4n) is 2.84. The van der Waals surface area contributed by atoms with Crippen molar-refractivity contribution in [3.05, 3.63) is 41.7 Å². The second kappa shape index (κ2) is 8.56. The highest BCUT2D eigenvalue weighted by molar-refractivity contribution is 5.95. The summed E-state index contributed by atoms with van der Waals surface area (Å²) in [4.78, 5) is 23.2. The Morgan fingerprint density at radius 2 is 1.89 bits per heavy atom. The highest BCUT2D eigenvalue weighted by Gasteiger charge is 2.21. The molecule has 2 aromatic rings. The van der Waals surface area contributed by atoms with Gasteiger partial charge < -0.3 is 20.3 Å². The van der Waals surface area contributed by atoms with Gasteiger partial charge >= 0.3 is 0 Å². The fourth-order valence-corrected chi connectivity index (χ4v) is 2.84. The summed E-state index contributed by atoms with van der Waals surface area (Å²) in [5, 5.41) is 6.29. The van der Waals surface area contributed by atoms with Crippen molar-refractivity contribution in [2.45, 2.75) is 34.3 Å². The summed E-state index contributed by atoms with van der Waals surface area (Å²) < 4.78 is 5.82. The fraction of sp³-hybridized carbons (Fsp3) is 0.476. The SMILES string of the molecule is Cc1cc(COc2cnc(N3CCNCC3)nc2)ccc1NC(=O)C(C)(C)C. The molecular weight excluding hydrogens is 354 g/mol. The Hall–Kier alpha value is -2.67. The van der Waals surface area contributed by atoms with Gasteiger partial charge in [-0.25, -0.2) is 9.97 Å². The molecule has 0 radical (unpaired) electrons. The van der Waals surface area contributed by atoms with Crippen LogP contribution in [-0.4, -0.2) is 42.1 Å². The Bertz CT molecular complexity index is 809. The topological polar surface area (TPSA) is 79.4 Å². The molecule has 0 atom stereocenters.